The van der Waals surface area contributed by atoms with Crippen LogP contribution in [0.25, 0.3) is 11.1 Å². The van der Waals surface area contributed by atoms with Gasteiger partial charge in [0.05, 0.1) is 19.3 Å². The van der Waals surface area contributed by atoms with Gasteiger partial charge in [0.2, 0.25) is 0 Å². The molecule has 0 radical (unpaired) electrons. The molecule has 0 fully saturated rings. The lowest BCUT2D eigenvalue weighted by atomic mass is 10.0. The fourth-order valence-corrected chi connectivity index (χ4v) is 2.31. The van der Waals surface area contributed by atoms with Gasteiger partial charge in [-0.05, 0) is 58.2 Å². The highest BCUT2D eigenvalue weighted by atomic mass is 79.9. The number of benzene rings is 2. The molecule has 3 nitrogen and oxygen atoms in total. The van der Waals surface area contributed by atoms with Crippen LogP contribution in [0.3, 0.4) is 0 Å². The van der Waals surface area contributed by atoms with E-state index in [1.165, 1.54) is 7.11 Å². The zero-order chi connectivity index (χ0) is 14.5. The van der Waals surface area contributed by atoms with Crippen LogP contribution in [0, 0.1) is 0 Å². The van der Waals surface area contributed by atoms with Crippen molar-refractivity contribution in [1.29, 1.82) is 0 Å². The van der Waals surface area contributed by atoms with Crippen molar-refractivity contribution in [2.24, 2.45) is 0 Å². The van der Waals surface area contributed by atoms with E-state index in [0.717, 1.165) is 16.9 Å². The quantitative estimate of drug-likeness (QED) is 0.782. The van der Waals surface area contributed by atoms with Crippen LogP contribution in [-0.4, -0.2) is 19.7 Å². The van der Waals surface area contributed by atoms with Crippen molar-refractivity contribution in [1.82, 2.24) is 0 Å². The van der Waals surface area contributed by atoms with Gasteiger partial charge in [0.15, 0.2) is 0 Å². The third-order valence-electron chi connectivity index (χ3n) is 2.85. The Kier molecular flexibility index (Phi) is 4.79. The molecule has 0 aliphatic rings. The van der Waals surface area contributed by atoms with Crippen molar-refractivity contribution < 1.29 is 14.3 Å². The van der Waals surface area contributed by atoms with Gasteiger partial charge in [-0.1, -0.05) is 18.2 Å². The summed E-state index contributed by atoms with van der Waals surface area (Å²) in [6.45, 7) is 2.57. The van der Waals surface area contributed by atoms with Crippen LogP contribution < -0.4 is 4.74 Å². The van der Waals surface area contributed by atoms with Gasteiger partial charge in [-0.25, -0.2) is 4.79 Å². The molecule has 0 bridgehead atoms. The summed E-state index contributed by atoms with van der Waals surface area (Å²) in [5.41, 5.74) is 2.44. The number of methoxy groups -OCH3 is 1. The minimum absolute atomic E-state index is 0.361. The van der Waals surface area contributed by atoms with E-state index in [1.54, 1.807) is 6.07 Å². The first-order chi connectivity index (χ1) is 9.65. The summed E-state index contributed by atoms with van der Waals surface area (Å²) < 4.78 is 11.0. The topological polar surface area (TPSA) is 35.5 Å². The molecule has 0 unspecified atom stereocenters. The predicted molar refractivity (Wildman–Crippen MR) is 82.1 cm³/mol. The lowest BCUT2D eigenvalue weighted by Gasteiger charge is -2.09. The lowest BCUT2D eigenvalue weighted by molar-refractivity contribution is 0.0599. The Labute approximate surface area is 126 Å². The van der Waals surface area contributed by atoms with Crippen molar-refractivity contribution in [3.63, 3.8) is 0 Å². The maximum atomic E-state index is 11.7. The van der Waals surface area contributed by atoms with Gasteiger partial charge in [-0.3, -0.25) is 0 Å². The van der Waals surface area contributed by atoms with Crippen LogP contribution in [0.15, 0.2) is 46.9 Å². The van der Waals surface area contributed by atoms with Crippen molar-refractivity contribution in [3.05, 3.63) is 52.5 Å². The Morgan fingerprint density at radius 3 is 2.60 bits per heavy atom. The van der Waals surface area contributed by atoms with Crippen molar-refractivity contribution >= 4 is 21.9 Å². The lowest BCUT2D eigenvalue weighted by Crippen LogP contribution is -2.02. The maximum absolute atomic E-state index is 11.7. The van der Waals surface area contributed by atoms with Crippen LogP contribution in [-0.2, 0) is 4.74 Å². The molecule has 20 heavy (non-hydrogen) atoms. The number of esters is 1. The van der Waals surface area contributed by atoms with Crippen LogP contribution in [0.5, 0.6) is 5.75 Å². The molecule has 4 heteroatoms. The molecule has 0 saturated carbocycles. The van der Waals surface area contributed by atoms with Gasteiger partial charge in [0, 0.05) is 4.47 Å². The molecule has 2 aromatic carbocycles. The van der Waals surface area contributed by atoms with Crippen LogP contribution in [0.1, 0.15) is 17.3 Å². The second-order valence-corrected chi connectivity index (χ2v) is 5.00. The Morgan fingerprint density at radius 2 is 1.90 bits per heavy atom. The number of ether oxygens (including phenoxy) is 2. The van der Waals surface area contributed by atoms with Crippen LogP contribution in [0.2, 0.25) is 0 Å². The highest BCUT2D eigenvalue weighted by Gasteiger charge is 2.12. The zero-order valence-electron chi connectivity index (χ0n) is 11.4. The Morgan fingerprint density at radius 1 is 1.15 bits per heavy atom. The SMILES string of the molecule is CCOc1cccc(-c2ccc(Br)c(C(=O)OC)c2)c1. The minimum atomic E-state index is -0.361. The standard InChI is InChI=1S/C16H15BrO3/c1-3-20-13-6-4-5-11(9-13)12-7-8-15(17)14(10-12)16(18)19-2/h4-10H,3H2,1-2H3. The summed E-state index contributed by atoms with van der Waals surface area (Å²) in [7, 11) is 1.37. The monoisotopic (exact) mass is 334 g/mol. The molecule has 0 amide bonds. The molecule has 0 aromatic heterocycles. The zero-order valence-corrected chi connectivity index (χ0v) is 12.9. The van der Waals surface area contributed by atoms with E-state index in [2.05, 4.69) is 15.9 Å². The van der Waals surface area contributed by atoms with E-state index in [-0.39, 0.29) is 5.97 Å². The summed E-state index contributed by atoms with van der Waals surface area (Å²) in [5, 5.41) is 0. The van der Waals surface area contributed by atoms with Crippen molar-refractivity contribution in [2.45, 2.75) is 6.92 Å². The highest BCUT2D eigenvalue weighted by Crippen LogP contribution is 2.28. The van der Waals surface area contributed by atoms with Gasteiger partial charge in [0.25, 0.3) is 0 Å². The van der Waals surface area contributed by atoms with Gasteiger partial charge in [-0.2, -0.15) is 0 Å². The molecule has 0 N–H and O–H groups in total. The first-order valence-electron chi connectivity index (χ1n) is 6.26. The molecular weight excluding hydrogens is 320 g/mol. The summed E-state index contributed by atoms with van der Waals surface area (Å²) in [6, 6.07) is 13.4. The molecule has 0 saturated heterocycles. The number of hydrogen-bond acceptors (Lipinski definition) is 3. The van der Waals surface area contributed by atoms with Gasteiger partial charge in [0.1, 0.15) is 5.75 Å². The van der Waals surface area contributed by atoms with E-state index >= 15 is 0 Å². The number of carbonyl (C=O) groups excluding carboxylic acids is 1. The van der Waals surface area contributed by atoms with Gasteiger partial charge in [-0.15, -0.1) is 0 Å². The fourth-order valence-electron chi connectivity index (χ4n) is 1.90. The third kappa shape index (κ3) is 3.20. The molecule has 0 atom stereocenters. The number of rotatable bonds is 4. The van der Waals surface area contributed by atoms with Crippen LogP contribution in [0.4, 0.5) is 0 Å². The first-order valence-corrected chi connectivity index (χ1v) is 7.06. The molecular formula is C16H15BrO3. The molecule has 0 heterocycles. The summed E-state index contributed by atoms with van der Waals surface area (Å²) in [6.07, 6.45) is 0. The molecule has 0 spiro atoms. The smallest absolute Gasteiger partial charge is 0.339 e. The average molecular weight is 335 g/mol. The van der Waals surface area contributed by atoms with Gasteiger partial charge < -0.3 is 9.47 Å². The minimum Gasteiger partial charge on any atom is -0.494 e. The Hall–Kier alpha value is -1.81. The number of halogens is 1. The molecule has 2 aromatic rings. The second kappa shape index (κ2) is 6.57. The molecule has 2 rings (SSSR count). The molecule has 104 valence electrons. The van der Waals surface area contributed by atoms with Crippen molar-refractivity contribution in [3.8, 4) is 16.9 Å². The second-order valence-electron chi connectivity index (χ2n) is 4.15. The summed E-state index contributed by atoms with van der Waals surface area (Å²) in [4.78, 5) is 11.7. The number of hydrogen-bond donors (Lipinski definition) is 0. The van der Waals surface area contributed by atoms with E-state index in [4.69, 9.17) is 9.47 Å². The van der Waals surface area contributed by atoms with Crippen molar-refractivity contribution in [2.75, 3.05) is 13.7 Å². The third-order valence-corrected chi connectivity index (χ3v) is 3.54. The Balaban J connectivity index is 2.42. The molecule has 0 aliphatic carbocycles. The van der Waals surface area contributed by atoms with E-state index in [0.29, 0.717) is 16.6 Å². The predicted octanol–water partition coefficient (Wildman–Crippen LogP) is 4.30. The average Bonchev–Trinajstić information content (AvgIpc) is 2.47. The van der Waals surface area contributed by atoms with E-state index in [1.807, 2.05) is 43.3 Å². The summed E-state index contributed by atoms with van der Waals surface area (Å²) >= 11 is 3.36. The highest BCUT2D eigenvalue weighted by molar-refractivity contribution is 9.10. The van der Waals surface area contributed by atoms with Gasteiger partial charge >= 0.3 is 5.97 Å². The normalized spacial score (nSPS) is 10.2. The summed E-state index contributed by atoms with van der Waals surface area (Å²) in [5.74, 6) is 0.451. The largest absolute Gasteiger partial charge is 0.494 e. The number of carbonyl (C=O) groups is 1. The van der Waals surface area contributed by atoms with E-state index in [9.17, 15) is 4.79 Å². The first kappa shape index (κ1) is 14.6. The Bertz CT molecular complexity index is 623. The fraction of sp³-hybridized carbons (Fsp3) is 0.188. The molecule has 0 aliphatic heterocycles. The maximum Gasteiger partial charge on any atom is 0.339 e. The van der Waals surface area contributed by atoms with E-state index < -0.39 is 0 Å². The van der Waals surface area contributed by atoms with Crippen LogP contribution >= 0.6 is 15.9 Å².